The number of nitrogens with one attached hydrogen (secondary N) is 1. The van der Waals surface area contributed by atoms with Crippen molar-refractivity contribution in [2.24, 2.45) is 5.73 Å². The molecule has 0 aliphatic carbocycles. The van der Waals surface area contributed by atoms with Crippen molar-refractivity contribution in [1.82, 2.24) is 9.78 Å². The average molecular weight is 323 g/mol. The summed E-state index contributed by atoms with van der Waals surface area (Å²) in [6.07, 6.45) is 0. The molecule has 0 fully saturated rings. The number of hydrogen-bond donors (Lipinski definition) is 2. The average Bonchev–Trinajstić information content (AvgIpc) is 2.82. The monoisotopic (exact) mass is 322 g/mol. The highest BCUT2D eigenvalue weighted by Gasteiger charge is 2.14. The van der Waals surface area contributed by atoms with Gasteiger partial charge < -0.3 is 11.1 Å². The summed E-state index contributed by atoms with van der Waals surface area (Å²) in [4.78, 5) is 12.6. The molecule has 2 aromatic rings. The molecule has 0 aliphatic rings. The molecular formula is C14H15ClN4OS. The van der Waals surface area contributed by atoms with E-state index in [0.29, 0.717) is 28.5 Å². The van der Waals surface area contributed by atoms with Crippen LogP contribution in [-0.2, 0) is 6.54 Å². The van der Waals surface area contributed by atoms with Crippen LogP contribution < -0.4 is 11.1 Å². The molecule has 110 valence electrons. The first-order valence-corrected chi connectivity index (χ1v) is 7.16. The molecule has 0 bridgehead atoms. The van der Waals surface area contributed by atoms with Gasteiger partial charge in [0.15, 0.2) is 0 Å². The van der Waals surface area contributed by atoms with Crippen LogP contribution in [0.5, 0.6) is 0 Å². The highest BCUT2D eigenvalue weighted by Crippen LogP contribution is 2.23. The number of aryl methyl sites for hydroxylation is 2. The molecule has 1 amide bonds. The van der Waals surface area contributed by atoms with Crippen LogP contribution in [-0.4, -0.2) is 20.7 Å². The number of nitrogens with two attached hydrogens (primary N) is 1. The molecule has 0 atom stereocenters. The first-order chi connectivity index (χ1) is 9.92. The lowest BCUT2D eigenvalue weighted by Gasteiger charge is -2.09. The van der Waals surface area contributed by atoms with Crippen molar-refractivity contribution in [3.05, 3.63) is 46.2 Å². The second kappa shape index (κ2) is 6.24. The summed E-state index contributed by atoms with van der Waals surface area (Å²) < 4.78 is 1.64. The molecule has 1 heterocycles. The third kappa shape index (κ3) is 3.40. The fourth-order valence-electron chi connectivity index (χ4n) is 1.93. The van der Waals surface area contributed by atoms with E-state index in [1.807, 2.05) is 13.8 Å². The van der Waals surface area contributed by atoms with E-state index in [0.717, 1.165) is 5.69 Å². The van der Waals surface area contributed by atoms with Gasteiger partial charge in [0.25, 0.3) is 5.91 Å². The molecule has 0 saturated heterocycles. The van der Waals surface area contributed by atoms with Crippen molar-refractivity contribution in [3.8, 4) is 0 Å². The third-order valence-corrected chi connectivity index (χ3v) is 3.48. The molecule has 0 aliphatic heterocycles. The van der Waals surface area contributed by atoms with E-state index >= 15 is 0 Å². The van der Waals surface area contributed by atoms with E-state index in [2.05, 4.69) is 10.4 Å². The smallest absolute Gasteiger partial charge is 0.273 e. The van der Waals surface area contributed by atoms with Crippen LogP contribution in [0.3, 0.4) is 0 Å². The van der Waals surface area contributed by atoms with Gasteiger partial charge in [-0.05, 0) is 38.1 Å². The lowest BCUT2D eigenvalue weighted by Crippen LogP contribution is -2.18. The first-order valence-electron chi connectivity index (χ1n) is 6.37. The van der Waals surface area contributed by atoms with Gasteiger partial charge in [-0.25, -0.2) is 0 Å². The number of halogens is 1. The van der Waals surface area contributed by atoms with Crippen LogP contribution in [0.25, 0.3) is 0 Å². The summed E-state index contributed by atoms with van der Waals surface area (Å²) in [6.45, 7) is 4.38. The van der Waals surface area contributed by atoms with E-state index in [-0.39, 0.29) is 10.9 Å². The minimum Gasteiger partial charge on any atom is -0.389 e. The molecule has 3 N–H and O–H groups in total. The van der Waals surface area contributed by atoms with Crippen molar-refractivity contribution in [2.75, 3.05) is 5.32 Å². The molecular weight excluding hydrogens is 308 g/mol. The van der Waals surface area contributed by atoms with Crippen LogP contribution in [0.15, 0.2) is 24.3 Å². The summed E-state index contributed by atoms with van der Waals surface area (Å²) in [5.74, 6) is -0.262. The second-order valence-electron chi connectivity index (χ2n) is 4.50. The summed E-state index contributed by atoms with van der Waals surface area (Å²) >= 11 is 11.0. The number of benzene rings is 1. The molecule has 1 aromatic heterocycles. The van der Waals surface area contributed by atoms with Gasteiger partial charge in [0.1, 0.15) is 10.7 Å². The molecule has 0 radical (unpaired) electrons. The van der Waals surface area contributed by atoms with Gasteiger partial charge in [0.05, 0.1) is 16.4 Å². The van der Waals surface area contributed by atoms with Gasteiger partial charge >= 0.3 is 0 Å². The topological polar surface area (TPSA) is 72.9 Å². The molecule has 2 rings (SSSR count). The lowest BCUT2D eigenvalue weighted by molar-refractivity contribution is 0.101. The van der Waals surface area contributed by atoms with Gasteiger partial charge in [-0.1, -0.05) is 23.8 Å². The Labute approximate surface area is 133 Å². The highest BCUT2D eigenvalue weighted by molar-refractivity contribution is 7.80. The first kappa shape index (κ1) is 15.5. The summed E-state index contributed by atoms with van der Waals surface area (Å²) in [6, 6.07) is 6.75. The number of hydrogen-bond acceptors (Lipinski definition) is 3. The Bertz CT molecular complexity index is 711. The Kier molecular flexibility index (Phi) is 4.59. The minimum atomic E-state index is -0.262. The van der Waals surface area contributed by atoms with Gasteiger partial charge in [0, 0.05) is 12.1 Å². The molecule has 7 heteroatoms. The Morgan fingerprint density at radius 2 is 2.19 bits per heavy atom. The normalized spacial score (nSPS) is 10.4. The molecule has 0 saturated carbocycles. The number of anilines is 1. The van der Waals surface area contributed by atoms with Crippen molar-refractivity contribution in [1.29, 1.82) is 0 Å². The molecule has 1 aromatic carbocycles. The predicted molar refractivity (Wildman–Crippen MR) is 87.9 cm³/mol. The van der Waals surface area contributed by atoms with Gasteiger partial charge in [-0.15, -0.1) is 0 Å². The van der Waals surface area contributed by atoms with E-state index in [1.54, 1.807) is 28.9 Å². The molecule has 21 heavy (non-hydrogen) atoms. The van der Waals surface area contributed by atoms with Gasteiger partial charge in [-0.3, -0.25) is 9.48 Å². The summed E-state index contributed by atoms with van der Waals surface area (Å²) in [5, 5.41) is 7.39. The Hall–Kier alpha value is -1.92. The molecule has 5 nitrogen and oxygen atoms in total. The molecule has 0 unspecified atom stereocenters. The van der Waals surface area contributed by atoms with Crippen LogP contribution >= 0.6 is 23.8 Å². The number of rotatable bonds is 4. The SMILES string of the molecule is CCn1nc(C)cc1C(=O)Nc1ccc(C(N)=S)cc1Cl. The highest BCUT2D eigenvalue weighted by atomic mass is 35.5. The second-order valence-corrected chi connectivity index (χ2v) is 5.35. The Balaban J connectivity index is 2.25. The lowest BCUT2D eigenvalue weighted by atomic mass is 10.2. The maximum atomic E-state index is 12.3. The van der Waals surface area contributed by atoms with Gasteiger partial charge in [0.2, 0.25) is 0 Å². The van der Waals surface area contributed by atoms with Crippen LogP contribution in [0.4, 0.5) is 5.69 Å². The van der Waals surface area contributed by atoms with Crippen molar-refractivity contribution < 1.29 is 4.79 Å². The van der Waals surface area contributed by atoms with E-state index in [4.69, 9.17) is 29.6 Å². The largest absolute Gasteiger partial charge is 0.389 e. The predicted octanol–water partition coefficient (Wildman–Crippen LogP) is 2.75. The third-order valence-electron chi connectivity index (χ3n) is 2.94. The number of aromatic nitrogens is 2. The van der Waals surface area contributed by atoms with E-state index < -0.39 is 0 Å². The number of carbonyl (C=O) groups excluding carboxylic acids is 1. The van der Waals surface area contributed by atoms with Crippen molar-refractivity contribution in [2.45, 2.75) is 20.4 Å². The van der Waals surface area contributed by atoms with Crippen LogP contribution in [0.1, 0.15) is 28.7 Å². The number of amides is 1. The van der Waals surface area contributed by atoms with Crippen molar-refractivity contribution >= 4 is 40.4 Å². The summed E-state index contributed by atoms with van der Waals surface area (Å²) in [7, 11) is 0. The fraction of sp³-hybridized carbons (Fsp3) is 0.214. The number of carbonyl (C=O) groups is 1. The van der Waals surface area contributed by atoms with E-state index in [1.165, 1.54) is 0 Å². The zero-order valence-corrected chi connectivity index (χ0v) is 13.3. The van der Waals surface area contributed by atoms with Gasteiger partial charge in [-0.2, -0.15) is 5.10 Å². The standard InChI is InChI=1S/C14H15ClN4OS/c1-3-19-12(6-8(2)18-19)14(20)17-11-5-4-9(13(16)21)7-10(11)15/h4-7H,3H2,1-2H3,(H2,16,21)(H,17,20). The quantitative estimate of drug-likeness (QED) is 0.849. The van der Waals surface area contributed by atoms with Crippen LogP contribution in [0, 0.1) is 6.92 Å². The number of thiocarbonyl (C=S) groups is 1. The number of nitrogens with zero attached hydrogens (tertiary/aromatic N) is 2. The van der Waals surface area contributed by atoms with Crippen molar-refractivity contribution in [3.63, 3.8) is 0 Å². The zero-order chi connectivity index (χ0) is 15.6. The molecule has 0 spiro atoms. The Morgan fingerprint density at radius 1 is 1.48 bits per heavy atom. The Morgan fingerprint density at radius 3 is 2.76 bits per heavy atom. The minimum absolute atomic E-state index is 0.259. The summed E-state index contributed by atoms with van der Waals surface area (Å²) in [5.41, 5.74) is 7.98. The fourth-order valence-corrected chi connectivity index (χ4v) is 2.28. The zero-order valence-electron chi connectivity index (χ0n) is 11.7. The maximum absolute atomic E-state index is 12.3. The maximum Gasteiger partial charge on any atom is 0.273 e. The van der Waals surface area contributed by atoms with Crippen LogP contribution in [0.2, 0.25) is 5.02 Å². The van der Waals surface area contributed by atoms with E-state index in [9.17, 15) is 4.79 Å².